The summed E-state index contributed by atoms with van der Waals surface area (Å²) in [5.41, 5.74) is 0.283. The van der Waals surface area contributed by atoms with Crippen LogP contribution in [0.1, 0.15) is 24.3 Å². The molecular weight excluding hydrogens is 214 g/mol. The zero-order valence-corrected chi connectivity index (χ0v) is 9.82. The first-order valence-corrected chi connectivity index (χ1v) is 5.11. The maximum Gasteiger partial charge on any atom is 0.273 e. The van der Waals surface area contributed by atoms with E-state index < -0.39 is 0 Å². The van der Waals surface area contributed by atoms with Crippen molar-refractivity contribution in [2.24, 2.45) is 5.92 Å². The number of aromatic nitrogens is 2. The lowest BCUT2D eigenvalue weighted by Crippen LogP contribution is -2.31. The van der Waals surface area contributed by atoms with Gasteiger partial charge >= 0.3 is 0 Å². The SMILES string of the molecule is CC(C)CN(C)C(=O)c1cncc(Cl)n1. The van der Waals surface area contributed by atoms with Crippen molar-refractivity contribution in [2.75, 3.05) is 13.6 Å². The highest BCUT2D eigenvalue weighted by atomic mass is 35.5. The third kappa shape index (κ3) is 3.47. The van der Waals surface area contributed by atoms with Gasteiger partial charge in [-0.1, -0.05) is 25.4 Å². The number of halogens is 1. The minimum atomic E-state index is -0.154. The second kappa shape index (κ2) is 5.07. The van der Waals surface area contributed by atoms with E-state index >= 15 is 0 Å². The van der Waals surface area contributed by atoms with E-state index in [1.54, 1.807) is 11.9 Å². The molecule has 1 heterocycles. The van der Waals surface area contributed by atoms with Gasteiger partial charge in [-0.15, -0.1) is 0 Å². The summed E-state index contributed by atoms with van der Waals surface area (Å²) >= 11 is 5.65. The predicted molar refractivity (Wildman–Crippen MR) is 58.8 cm³/mol. The summed E-state index contributed by atoms with van der Waals surface area (Å²) in [6.45, 7) is 4.79. The highest BCUT2D eigenvalue weighted by Crippen LogP contribution is 2.06. The highest BCUT2D eigenvalue weighted by Gasteiger charge is 2.14. The molecule has 0 aromatic carbocycles. The van der Waals surface area contributed by atoms with Crippen LogP contribution in [-0.4, -0.2) is 34.4 Å². The molecule has 0 saturated carbocycles. The summed E-state index contributed by atoms with van der Waals surface area (Å²) in [7, 11) is 1.74. The molecule has 15 heavy (non-hydrogen) atoms. The summed E-state index contributed by atoms with van der Waals surface area (Å²) in [5.74, 6) is 0.268. The summed E-state index contributed by atoms with van der Waals surface area (Å²) in [4.78, 5) is 21.2. The Hall–Kier alpha value is -1.16. The van der Waals surface area contributed by atoms with Gasteiger partial charge in [0, 0.05) is 13.6 Å². The van der Waals surface area contributed by atoms with Gasteiger partial charge in [-0.25, -0.2) is 4.98 Å². The van der Waals surface area contributed by atoms with E-state index in [2.05, 4.69) is 9.97 Å². The first-order chi connectivity index (χ1) is 7.00. The number of hydrogen-bond acceptors (Lipinski definition) is 3. The average molecular weight is 228 g/mol. The van der Waals surface area contributed by atoms with Gasteiger partial charge in [-0.2, -0.15) is 0 Å². The van der Waals surface area contributed by atoms with Gasteiger partial charge in [-0.05, 0) is 5.92 Å². The molecular formula is C10H14ClN3O. The largest absolute Gasteiger partial charge is 0.340 e. The van der Waals surface area contributed by atoms with E-state index in [9.17, 15) is 4.79 Å². The van der Waals surface area contributed by atoms with Crippen molar-refractivity contribution in [1.82, 2.24) is 14.9 Å². The van der Waals surface area contributed by atoms with Crippen molar-refractivity contribution in [1.29, 1.82) is 0 Å². The van der Waals surface area contributed by atoms with E-state index in [-0.39, 0.29) is 16.8 Å². The topological polar surface area (TPSA) is 46.1 Å². The third-order valence-electron chi connectivity index (χ3n) is 1.81. The lowest BCUT2D eigenvalue weighted by atomic mass is 10.2. The molecule has 0 saturated heterocycles. The van der Waals surface area contributed by atoms with Gasteiger partial charge < -0.3 is 4.90 Å². The van der Waals surface area contributed by atoms with Crippen LogP contribution >= 0.6 is 11.6 Å². The molecule has 0 unspecified atom stereocenters. The van der Waals surface area contributed by atoms with E-state index in [1.807, 2.05) is 13.8 Å². The van der Waals surface area contributed by atoms with Crippen LogP contribution in [-0.2, 0) is 0 Å². The maximum absolute atomic E-state index is 11.8. The molecule has 1 aromatic rings. The van der Waals surface area contributed by atoms with Crippen molar-refractivity contribution >= 4 is 17.5 Å². The standard InChI is InChI=1S/C10H14ClN3O/c1-7(2)6-14(3)10(15)8-4-12-5-9(11)13-8/h4-5,7H,6H2,1-3H3. The van der Waals surface area contributed by atoms with Crippen LogP contribution in [0.15, 0.2) is 12.4 Å². The van der Waals surface area contributed by atoms with Crippen molar-refractivity contribution in [3.05, 3.63) is 23.2 Å². The average Bonchev–Trinajstić information content (AvgIpc) is 2.15. The lowest BCUT2D eigenvalue weighted by Gasteiger charge is -2.18. The molecule has 4 nitrogen and oxygen atoms in total. The predicted octanol–water partition coefficient (Wildman–Crippen LogP) is 1.86. The molecule has 0 atom stereocenters. The molecule has 0 bridgehead atoms. The Morgan fingerprint density at radius 3 is 2.73 bits per heavy atom. The summed E-state index contributed by atoms with van der Waals surface area (Å²) in [6, 6.07) is 0. The second-order valence-corrected chi connectivity index (χ2v) is 4.19. The Labute approximate surface area is 94.3 Å². The smallest absolute Gasteiger partial charge is 0.273 e. The van der Waals surface area contributed by atoms with Gasteiger partial charge in [0.15, 0.2) is 0 Å². The summed E-state index contributed by atoms with van der Waals surface area (Å²) in [6.07, 6.45) is 2.83. The first-order valence-electron chi connectivity index (χ1n) is 4.73. The number of hydrogen-bond donors (Lipinski definition) is 0. The molecule has 0 aliphatic rings. The highest BCUT2D eigenvalue weighted by molar-refractivity contribution is 6.29. The van der Waals surface area contributed by atoms with Gasteiger partial charge in [0.1, 0.15) is 10.8 Å². The second-order valence-electron chi connectivity index (χ2n) is 3.81. The van der Waals surface area contributed by atoms with Crippen molar-refractivity contribution < 1.29 is 4.79 Å². The fraction of sp³-hybridized carbons (Fsp3) is 0.500. The van der Waals surface area contributed by atoms with Gasteiger partial charge in [-0.3, -0.25) is 9.78 Å². The summed E-state index contributed by atoms with van der Waals surface area (Å²) < 4.78 is 0. The molecule has 0 spiro atoms. The minimum Gasteiger partial charge on any atom is -0.340 e. The molecule has 0 radical (unpaired) electrons. The molecule has 0 aliphatic heterocycles. The Balaban J connectivity index is 2.76. The number of rotatable bonds is 3. The Bertz CT molecular complexity index is 354. The van der Waals surface area contributed by atoms with Crippen LogP contribution in [0.2, 0.25) is 5.15 Å². The molecule has 1 rings (SSSR count). The Morgan fingerprint density at radius 2 is 2.20 bits per heavy atom. The quantitative estimate of drug-likeness (QED) is 0.792. The van der Waals surface area contributed by atoms with Crippen LogP contribution < -0.4 is 0 Å². The minimum absolute atomic E-state index is 0.154. The first kappa shape index (κ1) is 11.9. The van der Waals surface area contributed by atoms with E-state index in [0.717, 1.165) is 0 Å². The van der Waals surface area contributed by atoms with Crippen LogP contribution in [0.25, 0.3) is 0 Å². The zero-order chi connectivity index (χ0) is 11.4. The van der Waals surface area contributed by atoms with E-state index in [0.29, 0.717) is 12.5 Å². The fourth-order valence-electron chi connectivity index (χ4n) is 1.27. The molecule has 82 valence electrons. The lowest BCUT2D eigenvalue weighted by molar-refractivity contribution is 0.0773. The molecule has 5 heteroatoms. The van der Waals surface area contributed by atoms with E-state index in [4.69, 9.17) is 11.6 Å². The molecule has 1 aromatic heterocycles. The van der Waals surface area contributed by atoms with Crippen LogP contribution in [0, 0.1) is 5.92 Å². The number of nitrogens with zero attached hydrogens (tertiary/aromatic N) is 3. The molecule has 0 aliphatic carbocycles. The van der Waals surface area contributed by atoms with Gasteiger partial charge in [0.25, 0.3) is 5.91 Å². The molecule has 1 amide bonds. The van der Waals surface area contributed by atoms with Gasteiger partial charge in [0.05, 0.1) is 12.4 Å². The van der Waals surface area contributed by atoms with Gasteiger partial charge in [0.2, 0.25) is 0 Å². The Kier molecular flexibility index (Phi) is 4.03. The maximum atomic E-state index is 11.8. The monoisotopic (exact) mass is 227 g/mol. The van der Waals surface area contributed by atoms with E-state index in [1.165, 1.54) is 12.4 Å². The van der Waals surface area contributed by atoms with Crippen molar-refractivity contribution in [3.63, 3.8) is 0 Å². The number of carbonyl (C=O) groups is 1. The zero-order valence-electron chi connectivity index (χ0n) is 9.07. The molecule has 0 fully saturated rings. The van der Waals surface area contributed by atoms with Crippen LogP contribution in [0.3, 0.4) is 0 Å². The molecule has 0 N–H and O–H groups in total. The number of carbonyl (C=O) groups excluding carboxylic acids is 1. The van der Waals surface area contributed by atoms with Crippen LogP contribution in [0.5, 0.6) is 0 Å². The summed E-state index contributed by atoms with van der Waals surface area (Å²) in [5, 5.41) is 0.235. The van der Waals surface area contributed by atoms with Crippen molar-refractivity contribution in [2.45, 2.75) is 13.8 Å². The van der Waals surface area contributed by atoms with Crippen LogP contribution in [0.4, 0.5) is 0 Å². The number of amides is 1. The third-order valence-corrected chi connectivity index (χ3v) is 1.99. The normalized spacial score (nSPS) is 10.5. The Morgan fingerprint density at radius 1 is 1.53 bits per heavy atom. The van der Waals surface area contributed by atoms with Crippen molar-refractivity contribution in [3.8, 4) is 0 Å². The fourth-order valence-corrected chi connectivity index (χ4v) is 1.42.